The predicted molar refractivity (Wildman–Crippen MR) is 120 cm³/mol. The van der Waals surface area contributed by atoms with Crippen molar-refractivity contribution in [2.45, 2.75) is 26.2 Å². The number of thiazole rings is 1. The minimum Gasteiger partial charge on any atom is -0.396 e. The third-order valence-electron chi connectivity index (χ3n) is 5.23. The number of hydrogen-bond acceptors (Lipinski definition) is 6. The van der Waals surface area contributed by atoms with Crippen molar-refractivity contribution in [1.29, 1.82) is 0 Å². The second kappa shape index (κ2) is 8.39. The van der Waals surface area contributed by atoms with Crippen LogP contribution in [0.3, 0.4) is 0 Å². The molecule has 3 aromatic rings. The highest BCUT2D eigenvalue weighted by molar-refractivity contribution is 7.17. The van der Waals surface area contributed by atoms with E-state index in [4.69, 9.17) is 5.73 Å². The van der Waals surface area contributed by atoms with Crippen LogP contribution in [0.5, 0.6) is 0 Å². The molecule has 1 aliphatic heterocycles. The molecule has 0 fully saturated rings. The maximum absolute atomic E-state index is 13.5. The van der Waals surface area contributed by atoms with Crippen LogP contribution in [-0.4, -0.2) is 36.0 Å². The number of nitrogens with zero attached hydrogens (tertiary/aromatic N) is 4. The number of unbranched alkanes of at least 4 members (excludes halogenated alkanes) is 1. The molecule has 156 valence electrons. The van der Waals surface area contributed by atoms with E-state index in [1.54, 1.807) is 11.0 Å². The number of fused-ring (bicyclic) bond motifs is 1. The van der Waals surface area contributed by atoms with Gasteiger partial charge in [-0.2, -0.15) is 0 Å². The molecule has 1 amide bonds. The summed E-state index contributed by atoms with van der Waals surface area (Å²) in [5.41, 5.74) is 8.00. The molecule has 0 bridgehead atoms. The smallest absolute Gasteiger partial charge is 0.270 e. The summed E-state index contributed by atoms with van der Waals surface area (Å²) in [5.74, 6) is 0.305. The normalized spacial score (nSPS) is 13.4. The summed E-state index contributed by atoms with van der Waals surface area (Å²) in [7, 11) is 2.04. The first-order valence-electron chi connectivity index (χ1n) is 10.0. The molecule has 0 radical (unpaired) electrons. The lowest BCUT2D eigenvalue weighted by molar-refractivity contribution is 0.0984. The van der Waals surface area contributed by atoms with Gasteiger partial charge in [-0.3, -0.25) is 4.79 Å². The molecule has 30 heavy (non-hydrogen) atoms. The number of nitrogen functional groups attached to an aromatic ring is 1. The van der Waals surface area contributed by atoms with E-state index in [-0.39, 0.29) is 11.6 Å². The van der Waals surface area contributed by atoms with Crippen molar-refractivity contribution in [2.24, 2.45) is 0 Å². The van der Waals surface area contributed by atoms with E-state index in [0.717, 1.165) is 41.5 Å². The van der Waals surface area contributed by atoms with Gasteiger partial charge in [0.2, 0.25) is 0 Å². The number of pyridine rings is 1. The summed E-state index contributed by atoms with van der Waals surface area (Å²) in [5, 5.41) is 0.782. The highest BCUT2D eigenvalue weighted by Crippen LogP contribution is 2.34. The van der Waals surface area contributed by atoms with Crippen molar-refractivity contribution in [3.8, 4) is 10.6 Å². The number of rotatable bonds is 6. The van der Waals surface area contributed by atoms with Gasteiger partial charge in [0.25, 0.3) is 5.91 Å². The molecule has 1 aliphatic rings. The van der Waals surface area contributed by atoms with Gasteiger partial charge in [0.15, 0.2) is 0 Å². The molecule has 0 aliphatic carbocycles. The Morgan fingerprint density at radius 1 is 1.30 bits per heavy atom. The summed E-state index contributed by atoms with van der Waals surface area (Å²) in [6, 6.07) is 8.35. The van der Waals surface area contributed by atoms with Crippen molar-refractivity contribution in [1.82, 2.24) is 9.97 Å². The third-order valence-corrected chi connectivity index (χ3v) is 6.37. The van der Waals surface area contributed by atoms with Gasteiger partial charge in [0.05, 0.1) is 11.4 Å². The second-order valence-corrected chi connectivity index (χ2v) is 8.39. The van der Waals surface area contributed by atoms with E-state index in [1.165, 1.54) is 23.5 Å². The zero-order valence-electron chi connectivity index (χ0n) is 17.1. The van der Waals surface area contributed by atoms with Gasteiger partial charge in [-0.05, 0) is 36.8 Å². The van der Waals surface area contributed by atoms with Crippen LogP contribution in [-0.2, 0) is 6.42 Å². The number of halogens is 1. The number of carbonyl (C=O) groups is 1. The number of benzene rings is 1. The van der Waals surface area contributed by atoms with Crippen LogP contribution < -0.4 is 15.5 Å². The van der Waals surface area contributed by atoms with Crippen LogP contribution in [0.25, 0.3) is 10.6 Å². The molecule has 0 unspecified atom stereocenters. The number of carbonyl (C=O) groups excluding carboxylic acids is 1. The van der Waals surface area contributed by atoms with E-state index in [9.17, 15) is 9.18 Å². The van der Waals surface area contributed by atoms with Crippen molar-refractivity contribution in [3.63, 3.8) is 0 Å². The van der Waals surface area contributed by atoms with E-state index in [0.29, 0.717) is 23.5 Å². The van der Waals surface area contributed by atoms with Crippen molar-refractivity contribution < 1.29 is 9.18 Å². The summed E-state index contributed by atoms with van der Waals surface area (Å²) in [6.45, 7) is 3.62. The second-order valence-electron chi connectivity index (χ2n) is 7.39. The first kappa shape index (κ1) is 20.3. The minimum atomic E-state index is -0.486. The topological polar surface area (TPSA) is 75.4 Å². The first-order valence-corrected chi connectivity index (χ1v) is 10.8. The van der Waals surface area contributed by atoms with Crippen LogP contribution in [0, 0.1) is 5.82 Å². The Morgan fingerprint density at radius 3 is 2.83 bits per heavy atom. The maximum Gasteiger partial charge on any atom is 0.270 e. The predicted octanol–water partition coefficient (Wildman–Crippen LogP) is 4.37. The quantitative estimate of drug-likeness (QED) is 0.594. The molecular formula is C22H24FN5OS. The number of aromatic nitrogens is 2. The van der Waals surface area contributed by atoms with Gasteiger partial charge < -0.3 is 15.5 Å². The van der Waals surface area contributed by atoms with Gasteiger partial charge in [-0.1, -0.05) is 13.3 Å². The molecule has 0 saturated heterocycles. The molecule has 1 aromatic carbocycles. The molecule has 0 atom stereocenters. The molecule has 3 heterocycles. The van der Waals surface area contributed by atoms with Crippen molar-refractivity contribution in [3.05, 3.63) is 52.9 Å². The van der Waals surface area contributed by atoms with Crippen LogP contribution in [0.2, 0.25) is 0 Å². The van der Waals surface area contributed by atoms with E-state index in [2.05, 4.69) is 21.8 Å². The largest absolute Gasteiger partial charge is 0.396 e. The van der Waals surface area contributed by atoms with E-state index in [1.807, 2.05) is 25.4 Å². The summed E-state index contributed by atoms with van der Waals surface area (Å²) in [6.07, 6.45) is 4.71. The Balaban J connectivity index is 1.56. The van der Waals surface area contributed by atoms with Gasteiger partial charge in [-0.25, -0.2) is 14.4 Å². The zero-order chi connectivity index (χ0) is 21.3. The first-order chi connectivity index (χ1) is 14.5. The lowest BCUT2D eigenvalue weighted by Crippen LogP contribution is -2.37. The fraction of sp³-hybridized carbons (Fsp3) is 0.318. The van der Waals surface area contributed by atoms with Crippen molar-refractivity contribution in [2.75, 3.05) is 35.7 Å². The Hall–Kier alpha value is -3.00. The zero-order valence-corrected chi connectivity index (χ0v) is 17.9. The van der Waals surface area contributed by atoms with Crippen LogP contribution >= 0.6 is 11.3 Å². The number of amides is 1. The van der Waals surface area contributed by atoms with Crippen LogP contribution in [0.4, 0.5) is 21.6 Å². The Labute approximate surface area is 179 Å². The number of nitrogens with two attached hydrogens (primary N) is 1. The third kappa shape index (κ3) is 3.87. The monoisotopic (exact) mass is 425 g/mol. The number of anilines is 3. The molecule has 2 aromatic heterocycles. The van der Waals surface area contributed by atoms with Gasteiger partial charge in [0.1, 0.15) is 21.5 Å². The molecule has 6 nitrogen and oxygen atoms in total. The van der Waals surface area contributed by atoms with Gasteiger partial charge >= 0.3 is 0 Å². The van der Waals surface area contributed by atoms with Gasteiger partial charge in [-0.15, -0.1) is 11.3 Å². The lowest BCUT2D eigenvalue weighted by Gasteiger charge is -2.26. The summed E-state index contributed by atoms with van der Waals surface area (Å²) < 4.78 is 13.5. The van der Waals surface area contributed by atoms with Crippen molar-refractivity contribution >= 4 is 34.4 Å². The highest BCUT2D eigenvalue weighted by atomic mass is 32.1. The molecule has 2 N–H and O–H groups in total. The Morgan fingerprint density at radius 2 is 2.13 bits per heavy atom. The average molecular weight is 426 g/mol. The van der Waals surface area contributed by atoms with E-state index < -0.39 is 5.82 Å². The summed E-state index contributed by atoms with van der Waals surface area (Å²) >= 11 is 1.37. The highest BCUT2D eigenvalue weighted by Gasteiger charge is 2.30. The summed E-state index contributed by atoms with van der Waals surface area (Å²) in [4.78, 5) is 26.7. The molecule has 0 saturated carbocycles. The lowest BCUT2D eigenvalue weighted by atomic mass is 10.1. The SMILES string of the molecule is CCCCN(C)c1ccc(-c2nc3c(s2)C(=O)N(c2ccc(F)c(N)c2)CC3)cn1. The van der Waals surface area contributed by atoms with E-state index >= 15 is 0 Å². The standard InChI is InChI=1S/C22H24FN5OS/c1-3-4-10-27(2)19-8-5-14(13-25-19)21-26-18-9-11-28(22(29)20(18)30-21)15-6-7-16(23)17(24)12-15/h5-8,12-13H,3-4,9-11,24H2,1-2H3. The Kier molecular flexibility index (Phi) is 5.67. The molecule has 8 heteroatoms. The minimum absolute atomic E-state index is 0.0335. The number of hydrogen-bond donors (Lipinski definition) is 1. The molecule has 4 rings (SSSR count). The molecule has 0 spiro atoms. The fourth-order valence-corrected chi connectivity index (χ4v) is 4.50. The van der Waals surface area contributed by atoms with Gasteiger partial charge in [0, 0.05) is 44.0 Å². The maximum atomic E-state index is 13.5. The fourth-order valence-electron chi connectivity index (χ4n) is 3.45. The van der Waals surface area contributed by atoms with Crippen LogP contribution in [0.1, 0.15) is 35.1 Å². The molecular weight excluding hydrogens is 401 g/mol. The average Bonchev–Trinajstić information content (AvgIpc) is 3.20. The van der Waals surface area contributed by atoms with Crippen LogP contribution in [0.15, 0.2) is 36.5 Å². The Bertz CT molecular complexity index is 1070.